The second kappa shape index (κ2) is 9.28. The first-order valence-electron chi connectivity index (χ1n) is 10.1. The van der Waals surface area contributed by atoms with Gasteiger partial charge in [-0.25, -0.2) is 0 Å². The van der Waals surface area contributed by atoms with Crippen molar-refractivity contribution in [1.29, 1.82) is 0 Å². The van der Waals surface area contributed by atoms with Crippen molar-refractivity contribution in [2.45, 2.75) is 45.2 Å². The van der Waals surface area contributed by atoms with E-state index in [1.165, 1.54) is 0 Å². The topological polar surface area (TPSA) is 79.9 Å². The van der Waals surface area contributed by atoms with E-state index in [1.807, 2.05) is 18.2 Å². The van der Waals surface area contributed by atoms with Crippen molar-refractivity contribution in [3.8, 4) is 11.5 Å². The molecule has 28 heavy (non-hydrogen) atoms. The zero-order chi connectivity index (χ0) is 20.1. The Bertz CT molecular complexity index is 703. The summed E-state index contributed by atoms with van der Waals surface area (Å²) in [5.41, 5.74) is 0.988. The highest BCUT2D eigenvalue weighted by Gasteiger charge is 2.25. The Labute approximate surface area is 166 Å². The zero-order valence-electron chi connectivity index (χ0n) is 17.0. The number of benzene rings is 1. The maximum absolute atomic E-state index is 12.6. The van der Waals surface area contributed by atoms with Crippen molar-refractivity contribution in [2.75, 3.05) is 33.4 Å². The van der Waals surface area contributed by atoms with Gasteiger partial charge < -0.3 is 20.1 Å². The van der Waals surface area contributed by atoms with Gasteiger partial charge in [-0.2, -0.15) is 0 Å². The van der Waals surface area contributed by atoms with Gasteiger partial charge in [-0.05, 0) is 43.5 Å². The molecule has 7 nitrogen and oxygen atoms in total. The minimum absolute atomic E-state index is 0.0267. The van der Waals surface area contributed by atoms with Crippen LogP contribution in [-0.4, -0.2) is 56.1 Å². The predicted molar refractivity (Wildman–Crippen MR) is 106 cm³/mol. The van der Waals surface area contributed by atoms with Gasteiger partial charge in [-0.3, -0.25) is 14.5 Å². The minimum Gasteiger partial charge on any atom is -0.490 e. The van der Waals surface area contributed by atoms with E-state index in [4.69, 9.17) is 9.47 Å². The fraction of sp³-hybridized carbons (Fsp3) is 0.619. The molecule has 0 saturated heterocycles. The van der Waals surface area contributed by atoms with Crippen LogP contribution in [0.3, 0.4) is 0 Å². The molecule has 154 valence electrons. The van der Waals surface area contributed by atoms with Crippen molar-refractivity contribution in [1.82, 2.24) is 15.5 Å². The molecule has 2 amide bonds. The predicted octanol–water partition coefficient (Wildman–Crippen LogP) is 1.87. The van der Waals surface area contributed by atoms with E-state index in [2.05, 4.69) is 24.5 Å². The molecule has 1 saturated carbocycles. The number of fused-ring (bicyclic) bond motifs is 1. The first-order valence-corrected chi connectivity index (χ1v) is 10.1. The molecule has 0 aromatic heterocycles. The maximum Gasteiger partial charge on any atom is 0.234 e. The van der Waals surface area contributed by atoms with Gasteiger partial charge in [0.1, 0.15) is 0 Å². The van der Waals surface area contributed by atoms with E-state index in [0.29, 0.717) is 19.3 Å². The van der Waals surface area contributed by atoms with Crippen LogP contribution in [0.5, 0.6) is 11.5 Å². The molecular formula is C21H31N3O4. The lowest BCUT2D eigenvalue weighted by molar-refractivity contribution is -0.125. The van der Waals surface area contributed by atoms with E-state index in [0.717, 1.165) is 36.3 Å². The number of carbonyl (C=O) groups excluding carboxylic acids is 2. The van der Waals surface area contributed by atoms with Crippen molar-refractivity contribution in [2.24, 2.45) is 5.92 Å². The second-order valence-corrected chi connectivity index (χ2v) is 8.06. The van der Waals surface area contributed by atoms with Crippen LogP contribution in [-0.2, 0) is 9.59 Å². The zero-order valence-corrected chi connectivity index (χ0v) is 17.0. The molecule has 1 heterocycles. The highest BCUT2D eigenvalue weighted by molar-refractivity contribution is 5.81. The van der Waals surface area contributed by atoms with Crippen LogP contribution in [0.15, 0.2) is 18.2 Å². The highest BCUT2D eigenvalue weighted by atomic mass is 16.5. The summed E-state index contributed by atoms with van der Waals surface area (Å²) in [7, 11) is 1.78. The second-order valence-electron chi connectivity index (χ2n) is 8.06. The smallest absolute Gasteiger partial charge is 0.234 e. The third-order valence-corrected chi connectivity index (χ3v) is 4.88. The monoisotopic (exact) mass is 389 g/mol. The Morgan fingerprint density at radius 3 is 2.46 bits per heavy atom. The molecule has 1 aliphatic carbocycles. The summed E-state index contributed by atoms with van der Waals surface area (Å²) in [5, 5.41) is 6.04. The summed E-state index contributed by atoms with van der Waals surface area (Å²) in [6, 6.07) is 6.04. The van der Waals surface area contributed by atoms with E-state index in [9.17, 15) is 9.59 Å². The van der Waals surface area contributed by atoms with Crippen LogP contribution in [0.25, 0.3) is 0 Å². The summed E-state index contributed by atoms with van der Waals surface area (Å²) in [4.78, 5) is 26.2. The van der Waals surface area contributed by atoms with Crippen LogP contribution in [0.4, 0.5) is 0 Å². The molecule has 1 fully saturated rings. The first kappa shape index (κ1) is 20.5. The van der Waals surface area contributed by atoms with Gasteiger partial charge in [0.25, 0.3) is 0 Å². The summed E-state index contributed by atoms with van der Waals surface area (Å²) in [6.45, 7) is 5.81. The molecule has 1 atom stereocenters. The van der Waals surface area contributed by atoms with E-state index < -0.39 is 0 Å². The van der Waals surface area contributed by atoms with Crippen LogP contribution in [0.1, 0.15) is 44.7 Å². The lowest BCUT2D eigenvalue weighted by Crippen LogP contribution is -2.42. The molecule has 1 aromatic carbocycles. The molecule has 1 aliphatic heterocycles. The van der Waals surface area contributed by atoms with Crippen molar-refractivity contribution in [3.05, 3.63) is 23.8 Å². The summed E-state index contributed by atoms with van der Waals surface area (Å²) in [6.07, 6.45) is 2.97. The van der Waals surface area contributed by atoms with Crippen molar-refractivity contribution < 1.29 is 19.1 Å². The molecule has 1 unspecified atom stereocenters. The average Bonchev–Trinajstić information content (AvgIpc) is 3.45. The summed E-state index contributed by atoms with van der Waals surface area (Å²) >= 11 is 0. The van der Waals surface area contributed by atoms with Gasteiger partial charge >= 0.3 is 0 Å². The molecule has 2 aliphatic rings. The molecule has 0 bridgehead atoms. The quantitative estimate of drug-likeness (QED) is 0.710. The van der Waals surface area contributed by atoms with Crippen LogP contribution < -0.4 is 20.1 Å². The number of nitrogens with one attached hydrogen (secondary N) is 2. The molecule has 1 aromatic rings. The Hall–Kier alpha value is -2.28. The molecule has 0 spiro atoms. The van der Waals surface area contributed by atoms with Gasteiger partial charge in [-0.1, -0.05) is 19.9 Å². The first-order chi connectivity index (χ1) is 13.4. The minimum atomic E-state index is -0.140. The molecular weight excluding hydrogens is 358 g/mol. The Morgan fingerprint density at radius 2 is 1.79 bits per heavy atom. The number of rotatable bonds is 8. The summed E-state index contributed by atoms with van der Waals surface area (Å²) < 4.78 is 11.5. The van der Waals surface area contributed by atoms with E-state index >= 15 is 0 Å². The van der Waals surface area contributed by atoms with Gasteiger partial charge in [-0.15, -0.1) is 0 Å². The number of likely N-dealkylation sites (N-methyl/N-ethyl adjacent to an activating group) is 1. The van der Waals surface area contributed by atoms with Crippen molar-refractivity contribution in [3.63, 3.8) is 0 Å². The Kier molecular flexibility index (Phi) is 6.78. The summed E-state index contributed by atoms with van der Waals surface area (Å²) in [5.74, 6) is 1.55. The standard InChI is InChI=1S/C21H31N3O4/c1-14(2)21(15-5-8-17-18(11-15)28-10-4-9-27-17)23-20(26)13-24(3)12-19(25)22-16-6-7-16/h5,8,11,14,16,21H,4,6-7,9-10,12-13H2,1-3H3,(H,22,25)(H,23,26). The van der Waals surface area contributed by atoms with Crippen LogP contribution in [0, 0.1) is 5.92 Å². The van der Waals surface area contributed by atoms with Gasteiger partial charge in [0, 0.05) is 12.5 Å². The van der Waals surface area contributed by atoms with E-state index in [-0.39, 0.29) is 36.9 Å². The third kappa shape index (κ3) is 5.86. The fourth-order valence-corrected chi connectivity index (χ4v) is 3.27. The van der Waals surface area contributed by atoms with Crippen LogP contribution in [0.2, 0.25) is 0 Å². The van der Waals surface area contributed by atoms with Crippen LogP contribution >= 0.6 is 0 Å². The number of hydrogen-bond acceptors (Lipinski definition) is 5. The Morgan fingerprint density at radius 1 is 1.11 bits per heavy atom. The molecule has 3 rings (SSSR count). The molecule has 7 heteroatoms. The number of nitrogens with zero attached hydrogens (tertiary/aromatic N) is 1. The normalized spacial score (nSPS) is 17.2. The fourth-order valence-electron chi connectivity index (χ4n) is 3.27. The van der Waals surface area contributed by atoms with Gasteiger partial charge in [0.05, 0.1) is 32.3 Å². The van der Waals surface area contributed by atoms with Gasteiger partial charge in [0.15, 0.2) is 11.5 Å². The lowest BCUT2D eigenvalue weighted by Gasteiger charge is -2.25. The Balaban J connectivity index is 1.58. The number of carbonyl (C=O) groups is 2. The SMILES string of the molecule is CC(C)C(NC(=O)CN(C)CC(=O)NC1CC1)c1ccc2c(c1)OCCCO2. The number of ether oxygens (including phenoxy) is 2. The maximum atomic E-state index is 12.6. The highest BCUT2D eigenvalue weighted by Crippen LogP contribution is 2.34. The number of amides is 2. The number of hydrogen-bond donors (Lipinski definition) is 2. The largest absolute Gasteiger partial charge is 0.490 e. The molecule has 2 N–H and O–H groups in total. The van der Waals surface area contributed by atoms with E-state index in [1.54, 1.807) is 11.9 Å². The van der Waals surface area contributed by atoms with Gasteiger partial charge in [0.2, 0.25) is 11.8 Å². The average molecular weight is 389 g/mol. The third-order valence-electron chi connectivity index (χ3n) is 4.88. The molecule has 0 radical (unpaired) electrons. The lowest BCUT2D eigenvalue weighted by atomic mass is 9.95. The van der Waals surface area contributed by atoms with Crippen molar-refractivity contribution >= 4 is 11.8 Å².